The lowest BCUT2D eigenvalue weighted by atomic mass is 9.60. The van der Waals surface area contributed by atoms with E-state index < -0.39 is 0 Å². The molecule has 2 aliphatic rings. The maximum Gasteiger partial charge on any atom is 0.119 e. The van der Waals surface area contributed by atoms with Crippen LogP contribution in [0.25, 0.3) is 0 Å². The molecule has 2 bridgehead atoms. The molecule has 1 aliphatic heterocycles. The molecule has 0 N–H and O–H groups in total. The van der Waals surface area contributed by atoms with Crippen LogP contribution in [0.2, 0.25) is 0 Å². The van der Waals surface area contributed by atoms with E-state index in [0.29, 0.717) is 12.0 Å². The molecule has 0 unspecified atom stereocenters. The van der Waals surface area contributed by atoms with Crippen molar-refractivity contribution in [1.29, 1.82) is 0 Å². The molecular formula is C17H23NO. The highest BCUT2D eigenvalue weighted by Crippen LogP contribution is 2.49. The van der Waals surface area contributed by atoms with Crippen LogP contribution in [-0.2, 0) is 5.41 Å². The van der Waals surface area contributed by atoms with Gasteiger partial charge < -0.3 is 9.64 Å². The van der Waals surface area contributed by atoms with Gasteiger partial charge in [-0.3, -0.25) is 0 Å². The lowest BCUT2D eigenvalue weighted by Crippen LogP contribution is -2.51. The number of allylic oxidation sites excluding steroid dienone is 1. The first kappa shape index (κ1) is 12.6. The topological polar surface area (TPSA) is 12.5 Å². The molecule has 0 amide bonds. The highest BCUT2D eigenvalue weighted by atomic mass is 16.5. The third-order valence-corrected chi connectivity index (χ3v) is 5.22. The molecule has 19 heavy (non-hydrogen) atoms. The van der Waals surface area contributed by atoms with Gasteiger partial charge in [0.15, 0.2) is 0 Å². The third-order valence-electron chi connectivity index (χ3n) is 5.22. The number of hydrogen-bond acceptors (Lipinski definition) is 2. The summed E-state index contributed by atoms with van der Waals surface area (Å²) in [4.78, 5) is 2.39. The molecule has 0 aromatic heterocycles. The highest BCUT2D eigenvalue weighted by Gasteiger charge is 2.45. The molecule has 1 saturated carbocycles. The number of rotatable bonds is 2. The van der Waals surface area contributed by atoms with E-state index in [1.807, 2.05) is 6.07 Å². The van der Waals surface area contributed by atoms with Crippen LogP contribution in [0.15, 0.2) is 36.5 Å². The normalized spacial score (nSPS) is 33.3. The summed E-state index contributed by atoms with van der Waals surface area (Å²) in [6, 6.07) is 9.30. The monoisotopic (exact) mass is 257 g/mol. The van der Waals surface area contributed by atoms with Crippen molar-refractivity contribution >= 4 is 0 Å². The number of ether oxygens (including phenoxy) is 1. The Morgan fingerprint density at radius 3 is 3.00 bits per heavy atom. The van der Waals surface area contributed by atoms with Crippen molar-refractivity contribution in [2.45, 2.75) is 37.6 Å². The molecular weight excluding hydrogens is 234 g/mol. The van der Waals surface area contributed by atoms with Crippen LogP contribution in [0.4, 0.5) is 0 Å². The molecule has 3 atom stereocenters. The summed E-state index contributed by atoms with van der Waals surface area (Å²) in [5, 5.41) is 0. The average Bonchev–Trinajstić information content (AvgIpc) is 2.44. The van der Waals surface area contributed by atoms with Gasteiger partial charge in [0.05, 0.1) is 7.11 Å². The fraction of sp³-hybridized carbons (Fsp3) is 0.529. The van der Waals surface area contributed by atoms with Crippen molar-refractivity contribution in [3.63, 3.8) is 0 Å². The van der Waals surface area contributed by atoms with E-state index in [-0.39, 0.29) is 5.41 Å². The number of benzene rings is 1. The Labute approximate surface area is 116 Å². The van der Waals surface area contributed by atoms with Gasteiger partial charge in [-0.2, -0.15) is 0 Å². The van der Waals surface area contributed by atoms with Crippen molar-refractivity contribution in [2.75, 3.05) is 14.2 Å². The van der Waals surface area contributed by atoms with Gasteiger partial charge >= 0.3 is 0 Å². The summed E-state index contributed by atoms with van der Waals surface area (Å²) < 4.78 is 5.40. The second-order valence-corrected chi connectivity index (χ2v) is 6.00. The fourth-order valence-corrected chi connectivity index (χ4v) is 3.99. The van der Waals surface area contributed by atoms with Gasteiger partial charge in [0, 0.05) is 18.5 Å². The molecule has 1 aliphatic carbocycles. The van der Waals surface area contributed by atoms with Crippen LogP contribution < -0.4 is 4.74 Å². The minimum Gasteiger partial charge on any atom is -0.497 e. The predicted octanol–water partition coefficient (Wildman–Crippen LogP) is 3.58. The first-order valence-electron chi connectivity index (χ1n) is 7.23. The van der Waals surface area contributed by atoms with Crippen LogP contribution in [0, 0.1) is 5.92 Å². The fourth-order valence-electron chi connectivity index (χ4n) is 3.99. The standard InChI is InChI=1S/C17H23NO/c1-13-16-8-5-9-17(13,10-11-18(16)2)14-6-4-7-15(12-14)19-3/h4,6-7,10-13,16H,5,8-9H2,1-3H3/t13-,16+,17+/m1/s1. The minimum atomic E-state index is 0.198. The molecule has 0 radical (unpaired) electrons. The van der Waals surface area contributed by atoms with Gasteiger partial charge in [0.1, 0.15) is 5.75 Å². The van der Waals surface area contributed by atoms with Crippen molar-refractivity contribution in [1.82, 2.24) is 4.90 Å². The van der Waals surface area contributed by atoms with E-state index in [1.165, 1.54) is 24.8 Å². The first-order chi connectivity index (χ1) is 9.17. The average molecular weight is 257 g/mol. The summed E-state index contributed by atoms with van der Waals surface area (Å²) in [7, 11) is 3.95. The van der Waals surface area contributed by atoms with Gasteiger partial charge in [-0.25, -0.2) is 0 Å². The molecule has 0 saturated heterocycles. The summed E-state index contributed by atoms with van der Waals surface area (Å²) in [6.07, 6.45) is 8.57. The molecule has 1 aromatic rings. The Hall–Kier alpha value is -1.44. The van der Waals surface area contributed by atoms with E-state index in [4.69, 9.17) is 4.74 Å². The number of nitrogens with zero attached hydrogens (tertiary/aromatic N) is 1. The van der Waals surface area contributed by atoms with Crippen LogP contribution in [0.1, 0.15) is 31.7 Å². The van der Waals surface area contributed by atoms with E-state index in [2.05, 4.69) is 49.3 Å². The van der Waals surface area contributed by atoms with Gasteiger partial charge in [-0.05, 0) is 42.7 Å². The van der Waals surface area contributed by atoms with Gasteiger partial charge in [-0.1, -0.05) is 31.6 Å². The zero-order chi connectivity index (χ0) is 13.5. The van der Waals surface area contributed by atoms with Crippen LogP contribution >= 0.6 is 0 Å². The smallest absolute Gasteiger partial charge is 0.119 e. The van der Waals surface area contributed by atoms with E-state index in [1.54, 1.807) is 7.11 Å². The van der Waals surface area contributed by atoms with E-state index >= 15 is 0 Å². The Morgan fingerprint density at radius 2 is 2.21 bits per heavy atom. The Balaban J connectivity index is 2.07. The van der Waals surface area contributed by atoms with E-state index in [9.17, 15) is 0 Å². The number of hydrogen-bond donors (Lipinski definition) is 0. The van der Waals surface area contributed by atoms with Crippen molar-refractivity contribution in [3.8, 4) is 5.75 Å². The lowest BCUT2D eigenvalue weighted by molar-refractivity contribution is 0.105. The van der Waals surface area contributed by atoms with Crippen LogP contribution in [0.3, 0.4) is 0 Å². The molecule has 1 aromatic carbocycles. The predicted molar refractivity (Wildman–Crippen MR) is 78.4 cm³/mol. The molecule has 0 spiro atoms. The second kappa shape index (κ2) is 4.59. The van der Waals surface area contributed by atoms with Gasteiger partial charge in [-0.15, -0.1) is 0 Å². The van der Waals surface area contributed by atoms with Crippen LogP contribution in [0.5, 0.6) is 5.75 Å². The zero-order valence-corrected chi connectivity index (χ0v) is 12.1. The number of fused-ring (bicyclic) bond motifs is 2. The molecule has 1 fully saturated rings. The highest BCUT2D eigenvalue weighted by molar-refractivity contribution is 5.40. The largest absolute Gasteiger partial charge is 0.497 e. The molecule has 102 valence electrons. The quantitative estimate of drug-likeness (QED) is 0.803. The maximum atomic E-state index is 5.40. The molecule has 2 nitrogen and oxygen atoms in total. The summed E-state index contributed by atoms with van der Waals surface area (Å²) in [6.45, 7) is 2.41. The molecule has 2 heteroatoms. The van der Waals surface area contributed by atoms with Gasteiger partial charge in [0.2, 0.25) is 0 Å². The van der Waals surface area contributed by atoms with Gasteiger partial charge in [0.25, 0.3) is 0 Å². The Bertz CT molecular complexity index is 496. The summed E-state index contributed by atoms with van der Waals surface area (Å²) in [5.41, 5.74) is 1.61. The zero-order valence-electron chi connectivity index (χ0n) is 12.1. The summed E-state index contributed by atoms with van der Waals surface area (Å²) >= 11 is 0. The SMILES string of the molecule is COc1cccc([C@]23C=CN(C)[C@@H](CCC2)[C@H]3C)c1. The lowest BCUT2D eigenvalue weighted by Gasteiger charge is -2.51. The number of methoxy groups -OCH3 is 1. The van der Waals surface area contributed by atoms with E-state index in [0.717, 1.165) is 5.75 Å². The Kier molecular flexibility index (Phi) is 3.04. The van der Waals surface area contributed by atoms with Crippen LogP contribution in [-0.4, -0.2) is 25.1 Å². The van der Waals surface area contributed by atoms with Crippen molar-refractivity contribution < 1.29 is 4.74 Å². The Morgan fingerprint density at radius 1 is 1.37 bits per heavy atom. The summed E-state index contributed by atoms with van der Waals surface area (Å²) in [5.74, 6) is 1.62. The van der Waals surface area contributed by atoms with Crippen molar-refractivity contribution in [3.05, 3.63) is 42.1 Å². The molecule has 3 rings (SSSR count). The minimum absolute atomic E-state index is 0.198. The second-order valence-electron chi connectivity index (χ2n) is 6.00. The maximum absolute atomic E-state index is 5.40. The van der Waals surface area contributed by atoms with Crippen molar-refractivity contribution in [2.24, 2.45) is 5.92 Å². The first-order valence-corrected chi connectivity index (χ1v) is 7.23. The third kappa shape index (κ3) is 1.85. The molecule has 1 heterocycles.